The van der Waals surface area contributed by atoms with Crippen LogP contribution < -0.4 is 0 Å². The summed E-state index contributed by atoms with van der Waals surface area (Å²) in [4.78, 5) is 26.6. The number of amides is 1. The Balaban J connectivity index is 1.86. The van der Waals surface area contributed by atoms with Gasteiger partial charge in [-0.05, 0) is 41.9 Å². The van der Waals surface area contributed by atoms with Crippen molar-refractivity contribution < 1.29 is 14.7 Å². The highest BCUT2D eigenvalue weighted by molar-refractivity contribution is 8.00. The second-order valence-electron chi connectivity index (χ2n) is 8.52. The van der Waals surface area contributed by atoms with E-state index in [9.17, 15) is 14.7 Å². The molecule has 1 aliphatic carbocycles. The van der Waals surface area contributed by atoms with Crippen molar-refractivity contribution in [3.63, 3.8) is 0 Å². The molecule has 0 spiro atoms. The summed E-state index contributed by atoms with van der Waals surface area (Å²) < 4.78 is 0. The highest BCUT2D eigenvalue weighted by Gasteiger charge is 2.45. The molecule has 1 aromatic rings. The first-order valence-corrected chi connectivity index (χ1v) is 10.6. The molecular weight excluding hydrogens is 346 g/mol. The molecule has 1 aromatic carbocycles. The van der Waals surface area contributed by atoms with Crippen LogP contribution in [0.4, 0.5) is 0 Å². The Morgan fingerprint density at radius 3 is 2.23 bits per heavy atom. The van der Waals surface area contributed by atoms with Gasteiger partial charge in [0.2, 0.25) is 0 Å². The Morgan fingerprint density at radius 2 is 1.69 bits per heavy atom. The molecule has 0 bridgehead atoms. The van der Waals surface area contributed by atoms with Gasteiger partial charge in [-0.2, -0.15) is 0 Å². The highest BCUT2D eigenvalue weighted by atomic mass is 32.2. The molecule has 2 fully saturated rings. The standard InChI is InChI=1S/C21H29NO3S/c1-21(2,3)16-11-9-14(10-12-16)18(23)22-17(20(24)25)13-26-19(22)15-7-5-4-6-8-15/h9-12,15,17,19H,4-8,13H2,1-3H3,(H,24,25)/t17-,19-/m1/s1. The maximum atomic E-state index is 13.2. The van der Waals surface area contributed by atoms with Gasteiger partial charge in [-0.15, -0.1) is 11.8 Å². The summed E-state index contributed by atoms with van der Waals surface area (Å²) in [5.74, 6) is -0.132. The normalized spacial score (nSPS) is 24.7. The van der Waals surface area contributed by atoms with Gasteiger partial charge in [-0.1, -0.05) is 52.2 Å². The van der Waals surface area contributed by atoms with Crippen LogP contribution in [0.15, 0.2) is 24.3 Å². The lowest BCUT2D eigenvalue weighted by atomic mass is 9.86. The molecule has 3 rings (SSSR count). The predicted octanol–water partition coefficient (Wildman–Crippen LogP) is 4.53. The maximum absolute atomic E-state index is 13.2. The number of thioether (sulfide) groups is 1. The van der Waals surface area contributed by atoms with Gasteiger partial charge in [0.15, 0.2) is 0 Å². The van der Waals surface area contributed by atoms with Crippen molar-refractivity contribution >= 4 is 23.6 Å². The Morgan fingerprint density at radius 1 is 1.08 bits per heavy atom. The minimum Gasteiger partial charge on any atom is -0.480 e. The fourth-order valence-electron chi connectivity index (χ4n) is 4.02. The Kier molecular flexibility index (Phi) is 5.66. The first-order chi connectivity index (χ1) is 12.3. The van der Waals surface area contributed by atoms with E-state index in [1.54, 1.807) is 16.7 Å². The molecule has 142 valence electrons. The van der Waals surface area contributed by atoms with Gasteiger partial charge < -0.3 is 10.0 Å². The zero-order valence-corrected chi connectivity index (χ0v) is 16.7. The van der Waals surface area contributed by atoms with Crippen molar-refractivity contribution in [2.45, 2.75) is 69.7 Å². The Labute approximate surface area is 160 Å². The fourth-order valence-corrected chi connectivity index (χ4v) is 5.65. The van der Waals surface area contributed by atoms with E-state index in [1.165, 1.54) is 24.8 Å². The number of rotatable bonds is 3. The Bertz CT molecular complexity index is 659. The first-order valence-electron chi connectivity index (χ1n) is 9.56. The van der Waals surface area contributed by atoms with Crippen LogP contribution in [0, 0.1) is 5.92 Å². The topological polar surface area (TPSA) is 57.6 Å². The molecule has 1 N–H and O–H groups in total. The molecule has 1 aliphatic heterocycles. The number of carboxylic acids is 1. The molecule has 5 heteroatoms. The van der Waals surface area contributed by atoms with Crippen molar-refractivity contribution in [3.8, 4) is 0 Å². The van der Waals surface area contributed by atoms with E-state index >= 15 is 0 Å². The van der Waals surface area contributed by atoms with Crippen LogP contribution in [0.5, 0.6) is 0 Å². The summed E-state index contributed by atoms with van der Waals surface area (Å²) >= 11 is 1.65. The highest BCUT2D eigenvalue weighted by Crippen LogP contribution is 2.41. The minimum atomic E-state index is -0.893. The van der Waals surface area contributed by atoms with E-state index < -0.39 is 12.0 Å². The summed E-state index contributed by atoms with van der Waals surface area (Å²) in [6.45, 7) is 6.42. The summed E-state index contributed by atoms with van der Waals surface area (Å²) in [5.41, 5.74) is 1.79. The zero-order chi connectivity index (χ0) is 18.9. The summed E-state index contributed by atoms with van der Waals surface area (Å²) in [7, 11) is 0. The summed E-state index contributed by atoms with van der Waals surface area (Å²) in [6, 6.07) is 6.96. The molecule has 0 radical (unpaired) electrons. The van der Waals surface area contributed by atoms with Crippen LogP contribution in [0.2, 0.25) is 0 Å². The smallest absolute Gasteiger partial charge is 0.327 e. The lowest BCUT2D eigenvalue weighted by Gasteiger charge is -2.35. The van der Waals surface area contributed by atoms with Crippen LogP contribution in [0.3, 0.4) is 0 Å². The molecular formula is C21H29NO3S. The lowest BCUT2D eigenvalue weighted by Crippen LogP contribution is -2.48. The third-order valence-electron chi connectivity index (χ3n) is 5.61. The number of nitrogens with zero attached hydrogens (tertiary/aromatic N) is 1. The Hall–Kier alpha value is -1.49. The number of carboxylic acid groups (broad SMARTS) is 1. The number of hydrogen-bond acceptors (Lipinski definition) is 3. The summed E-state index contributed by atoms with van der Waals surface area (Å²) in [6.07, 6.45) is 5.80. The molecule has 2 aliphatic rings. The molecule has 1 saturated carbocycles. The van der Waals surface area contributed by atoms with Crippen molar-refractivity contribution in [2.24, 2.45) is 5.92 Å². The van der Waals surface area contributed by atoms with E-state index in [2.05, 4.69) is 20.8 Å². The van der Waals surface area contributed by atoms with E-state index in [0.717, 1.165) is 12.8 Å². The van der Waals surface area contributed by atoms with Gasteiger partial charge in [0, 0.05) is 11.3 Å². The number of aliphatic carboxylic acids is 1. The quantitative estimate of drug-likeness (QED) is 0.843. The molecule has 1 saturated heterocycles. The maximum Gasteiger partial charge on any atom is 0.327 e. The van der Waals surface area contributed by atoms with Gasteiger partial charge in [0.1, 0.15) is 6.04 Å². The van der Waals surface area contributed by atoms with Gasteiger partial charge in [-0.3, -0.25) is 4.79 Å². The van der Waals surface area contributed by atoms with Crippen molar-refractivity contribution in [1.29, 1.82) is 0 Å². The predicted molar refractivity (Wildman–Crippen MR) is 106 cm³/mol. The van der Waals surface area contributed by atoms with Crippen molar-refractivity contribution in [1.82, 2.24) is 4.90 Å². The monoisotopic (exact) mass is 375 g/mol. The van der Waals surface area contributed by atoms with E-state index in [1.807, 2.05) is 24.3 Å². The average molecular weight is 376 g/mol. The number of hydrogen-bond donors (Lipinski definition) is 1. The minimum absolute atomic E-state index is 0.00815. The summed E-state index contributed by atoms with van der Waals surface area (Å²) in [5, 5.41) is 9.63. The number of carbonyl (C=O) groups is 2. The number of carbonyl (C=O) groups excluding carboxylic acids is 1. The van der Waals surface area contributed by atoms with Crippen LogP contribution in [0.25, 0.3) is 0 Å². The van der Waals surface area contributed by atoms with E-state index in [-0.39, 0.29) is 16.7 Å². The zero-order valence-electron chi connectivity index (χ0n) is 15.9. The van der Waals surface area contributed by atoms with Crippen molar-refractivity contribution in [3.05, 3.63) is 35.4 Å². The molecule has 2 atom stereocenters. The van der Waals surface area contributed by atoms with Gasteiger partial charge in [0.25, 0.3) is 5.91 Å². The average Bonchev–Trinajstić information content (AvgIpc) is 3.06. The van der Waals surface area contributed by atoms with Gasteiger partial charge >= 0.3 is 5.97 Å². The van der Waals surface area contributed by atoms with Gasteiger partial charge in [-0.25, -0.2) is 4.79 Å². The van der Waals surface area contributed by atoms with Crippen LogP contribution >= 0.6 is 11.8 Å². The SMILES string of the molecule is CC(C)(C)c1ccc(C(=O)N2[C@@H](C(=O)O)CS[C@@H]2C2CCCCC2)cc1. The third kappa shape index (κ3) is 3.93. The lowest BCUT2D eigenvalue weighted by molar-refractivity contribution is -0.141. The molecule has 4 nitrogen and oxygen atoms in total. The second-order valence-corrected chi connectivity index (χ2v) is 9.67. The number of benzene rings is 1. The molecule has 1 heterocycles. The van der Waals surface area contributed by atoms with Crippen LogP contribution in [-0.2, 0) is 10.2 Å². The molecule has 1 amide bonds. The molecule has 0 aromatic heterocycles. The molecule has 0 unspecified atom stereocenters. The second kappa shape index (κ2) is 7.63. The largest absolute Gasteiger partial charge is 0.480 e. The van der Waals surface area contributed by atoms with E-state index in [4.69, 9.17) is 0 Å². The molecule has 26 heavy (non-hydrogen) atoms. The van der Waals surface area contributed by atoms with E-state index in [0.29, 0.717) is 17.2 Å². The van der Waals surface area contributed by atoms with Crippen LogP contribution in [0.1, 0.15) is 68.8 Å². The van der Waals surface area contributed by atoms with Crippen LogP contribution in [-0.4, -0.2) is 39.1 Å². The third-order valence-corrected chi connectivity index (χ3v) is 7.07. The fraction of sp³-hybridized carbons (Fsp3) is 0.619. The van der Waals surface area contributed by atoms with Gasteiger partial charge in [0.05, 0.1) is 5.37 Å². The van der Waals surface area contributed by atoms with Crippen molar-refractivity contribution in [2.75, 3.05) is 5.75 Å². The first kappa shape index (κ1) is 19.3.